The molecule has 2 fully saturated rings. The van der Waals surface area contributed by atoms with Crippen molar-refractivity contribution >= 4 is 12.1 Å². The topological polar surface area (TPSA) is 66.8 Å². The Hall–Kier alpha value is -2.82. The lowest BCUT2D eigenvalue weighted by Crippen LogP contribution is -2.38. The minimum absolute atomic E-state index is 0.0226. The van der Waals surface area contributed by atoms with Crippen molar-refractivity contribution in [3.05, 3.63) is 59.7 Å². The van der Waals surface area contributed by atoms with Gasteiger partial charge in [0.1, 0.15) is 6.61 Å². The SMILES string of the molecule is O=C(O)C1CN(C(=O)OCC2c3ccccc3-c3ccccc32)C2(CC2)C1. The van der Waals surface area contributed by atoms with Gasteiger partial charge in [0.2, 0.25) is 0 Å². The van der Waals surface area contributed by atoms with E-state index >= 15 is 0 Å². The zero-order valence-corrected chi connectivity index (χ0v) is 14.9. The van der Waals surface area contributed by atoms with Crippen LogP contribution in [0.1, 0.15) is 36.3 Å². The fourth-order valence-corrected chi connectivity index (χ4v) is 4.77. The van der Waals surface area contributed by atoms with Crippen LogP contribution >= 0.6 is 0 Å². The maximum atomic E-state index is 12.8. The van der Waals surface area contributed by atoms with Crippen LogP contribution < -0.4 is 0 Å². The lowest BCUT2D eigenvalue weighted by atomic mass is 9.98. The number of carboxylic acid groups (broad SMARTS) is 1. The maximum absolute atomic E-state index is 12.8. The van der Waals surface area contributed by atoms with Gasteiger partial charge in [0.15, 0.2) is 0 Å². The van der Waals surface area contributed by atoms with E-state index in [9.17, 15) is 14.7 Å². The molecule has 1 saturated heterocycles. The molecule has 0 aromatic heterocycles. The standard InChI is InChI=1S/C22H21NO4/c24-20(25)14-11-22(9-10-22)23(12-14)21(26)27-13-19-17-7-3-1-5-15(17)16-6-2-4-8-18(16)19/h1-8,14,19H,9-13H2,(H,24,25). The molecule has 5 nitrogen and oxygen atoms in total. The lowest BCUT2D eigenvalue weighted by molar-refractivity contribution is -0.141. The predicted octanol–water partition coefficient (Wildman–Crippen LogP) is 3.87. The average molecular weight is 363 g/mol. The molecule has 1 heterocycles. The first-order valence-corrected chi connectivity index (χ1v) is 9.44. The highest BCUT2D eigenvalue weighted by molar-refractivity contribution is 5.79. The second-order valence-electron chi connectivity index (χ2n) is 7.88. The highest BCUT2D eigenvalue weighted by Crippen LogP contribution is 2.52. The number of benzene rings is 2. The number of ether oxygens (including phenoxy) is 1. The highest BCUT2D eigenvalue weighted by atomic mass is 16.6. The number of carbonyl (C=O) groups excluding carboxylic acids is 1. The van der Waals surface area contributed by atoms with Gasteiger partial charge in [-0.15, -0.1) is 0 Å². The predicted molar refractivity (Wildman–Crippen MR) is 99.5 cm³/mol. The van der Waals surface area contributed by atoms with Crippen LogP contribution in [-0.2, 0) is 9.53 Å². The molecule has 1 unspecified atom stereocenters. The monoisotopic (exact) mass is 363 g/mol. The molecular weight excluding hydrogens is 342 g/mol. The number of nitrogens with zero attached hydrogens (tertiary/aromatic N) is 1. The van der Waals surface area contributed by atoms with Gasteiger partial charge in [-0.25, -0.2) is 4.79 Å². The average Bonchev–Trinajstić information content (AvgIpc) is 3.23. The summed E-state index contributed by atoms with van der Waals surface area (Å²) in [4.78, 5) is 25.8. The van der Waals surface area contributed by atoms with Crippen LogP contribution in [0.2, 0.25) is 0 Å². The van der Waals surface area contributed by atoms with Gasteiger partial charge < -0.3 is 14.7 Å². The molecule has 2 aliphatic carbocycles. The molecule has 5 heteroatoms. The number of hydrogen-bond acceptors (Lipinski definition) is 3. The summed E-state index contributed by atoms with van der Waals surface area (Å²) in [5.41, 5.74) is 4.47. The first kappa shape index (κ1) is 16.4. The molecule has 0 bridgehead atoms. The van der Waals surface area contributed by atoms with Crippen LogP contribution in [-0.4, -0.2) is 40.8 Å². The minimum atomic E-state index is -0.824. The number of likely N-dealkylation sites (tertiary alicyclic amines) is 1. The Labute approximate surface area is 157 Å². The van der Waals surface area contributed by atoms with E-state index in [1.54, 1.807) is 4.90 Å². The molecule has 1 atom stereocenters. The summed E-state index contributed by atoms with van der Waals surface area (Å²) in [5.74, 6) is -1.28. The molecule has 138 valence electrons. The van der Waals surface area contributed by atoms with Crippen LogP contribution in [0.3, 0.4) is 0 Å². The summed E-state index contributed by atoms with van der Waals surface area (Å²) >= 11 is 0. The largest absolute Gasteiger partial charge is 0.481 e. The molecule has 5 rings (SSSR count). The second-order valence-corrected chi connectivity index (χ2v) is 7.88. The summed E-state index contributed by atoms with van der Waals surface area (Å²) in [7, 11) is 0. The number of carbonyl (C=O) groups is 2. The molecule has 0 radical (unpaired) electrons. The summed E-state index contributed by atoms with van der Waals surface area (Å²) in [6, 6.07) is 16.5. The van der Waals surface area contributed by atoms with Crippen molar-refractivity contribution < 1.29 is 19.4 Å². The Morgan fingerprint density at radius 1 is 1.04 bits per heavy atom. The summed E-state index contributed by atoms with van der Waals surface area (Å²) in [6.45, 7) is 0.531. The van der Waals surface area contributed by atoms with E-state index in [1.165, 1.54) is 22.3 Å². The fraction of sp³-hybridized carbons (Fsp3) is 0.364. The molecular formula is C22H21NO4. The Morgan fingerprint density at radius 2 is 1.63 bits per heavy atom. The fourth-order valence-electron chi connectivity index (χ4n) is 4.77. The summed E-state index contributed by atoms with van der Waals surface area (Å²) < 4.78 is 5.72. The molecule has 27 heavy (non-hydrogen) atoms. The van der Waals surface area contributed by atoms with Gasteiger partial charge in [-0.1, -0.05) is 48.5 Å². The van der Waals surface area contributed by atoms with Crippen LogP contribution in [0.25, 0.3) is 11.1 Å². The first-order chi connectivity index (χ1) is 13.1. The third-order valence-corrected chi connectivity index (χ3v) is 6.33. The van der Waals surface area contributed by atoms with Gasteiger partial charge in [0.25, 0.3) is 0 Å². The Bertz CT molecular complexity index is 888. The van der Waals surface area contributed by atoms with Crippen molar-refractivity contribution in [2.24, 2.45) is 5.92 Å². The molecule has 1 aliphatic heterocycles. The van der Waals surface area contributed by atoms with E-state index in [1.807, 2.05) is 24.3 Å². The van der Waals surface area contributed by atoms with Gasteiger partial charge in [-0.3, -0.25) is 4.79 Å². The van der Waals surface area contributed by atoms with E-state index in [0.29, 0.717) is 6.42 Å². The Morgan fingerprint density at radius 3 is 2.19 bits per heavy atom. The summed E-state index contributed by atoms with van der Waals surface area (Å²) in [6.07, 6.45) is 1.92. The van der Waals surface area contributed by atoms with E-state index in [-0.39, 0.29) is 30.7 Å². The number of hydrogen-bond donors (Lipinski definition) is 1. The smallest absolute Gasteiger partial charge is 0.410 e. The van der Waals surface area contributed by atoms with Crippen LogP contribution in [0, 0.1) is 5.92 Å². The second kappa shape index (κ2) is 5.84. The van der Waals surface area contributed by atoms with Crippen molar-refractivity contribution in [2.75, 3.05) is 13.2 Å². The van der Waals surface area contributed by atoms with Crippen LogP contribution in [0.15, 0.2) is 48.5 Å². The minimum Gasteiger partial charge on any atom is -0.481 e. The van der Waals surface area contributed by atoms with E-state index in [4.69, 9.17) is 4.74 Å². The number of carboxylic acids is 1. The molecule has 3 aliphatic rings. The Balaban J connectivity index is 1.35. The number of amides is 1. The molecule has 2 aromatic rings. The van der Waals surface area contributed by atoms with Crippen molar-refractivity contribution in [3.8, 4) is 11.1 Å². The van der Waals surface area contributed by atoms with E-state index in [2.05, 4.69) is 24.3 Å². The molecule has 2 aromatic carbocycles. The van der Waals surface area contributed by atoms with E-state index < -0.39 is 11.9 Å². The van der Waals surface area contributed by atoms with Gasteiger partial charge in [-0.05, 0) is 41.5 Å². The number of fused-ring (bicyclic) bond motifs is 3. The zero-order valence-electron chi connectivity index (χ0n) is 14.9. The lowest BCUT2D eigenvalue weighted by Gasteiger charge is -2.24. The van der Waals surface area contributed by atoms with Gasteiger partial charge >= 0.3 is 12.1 Å². The molecule has 1 amide bonds. The van der Waals surface area contributed by atoms with Crippen molar-refractivity contribution in [1.29, 1.82) is 0 Å². The molecule has 1 saturated carbocycles. The summed E-state index contributed by atoms with van der Waals surface area (Å²) in [5, 5.41) is 9.32. The zero-order chi connectivity index (χ0) is 18.6. The molecule has 1 spiro atoms. The highest BCUT2D eigenvalue weighted by Gasteiger charge is 2.58. The van der Waals surface area contributed by atoms with Gasteiger partial charge in [0.05, 0.1) is 5.92 Å². The third kappa shape index (κ3) is 2.52. The third-order valence-electron chi connectivity index (χ3n) is 6.33. The quantitative estimate of drug-likeness (QED) is 0.899. The normalized spacial score (nSPS) is 21.8. The van der Waals surface area contributed by atoms with Crippen LogP contribution in [0.5, 0.6) is 0 Å². The number of rotatable bonds is 3. The van der Waals surface area contributed by atoms with Crippen molar-refractivity contribution in [1.82, 2.24) is 4.90 Å². The molecule has 1 N–H and O–H groups in total. The Kier molecular flexibility index (Phi) is 3.54. The van der Waals surface area contributed by atoms with Gasteiger partial charge in [-0.2, -0.15) is 0 Å². The maximum Gasteiger partial charge on any atom is 0.410 e. The van der Waals surface area contributed by atoms with Gasteiger partial charge in [0, 0.05) is 18.0 Å². The van der Waals surface area contributed by atoms with Crippen LogP contribution in [0.4, 0.5) is 4.79 Å². The first-order valence-electron chi connectivity index (χ1n) is 9.44. The van der Waals surface area contributed by atoms with Crippen molar-refractivity contribution in [2.45, 2.75) is 30.7 Å². The van der Waals surface area contributed by atoms with Crippen molar-refractivity contribution in [3.63, 3.8) is 0 Å². The number of aliphatic carboxylic acids is 1. The van der Waals surface area contributed by atoms with E-state index in [0.717, 1.165) is 12.8 Å².